The number of anilines is 1. The summed E-state index contributed by atoms with van der Waals surface area (Å²) in [5, 5.41) is 2.37. The van der Waals surface area contributed by atoms with E-state index in [9.17, 15) is 17.6 Å². The minimum atomic E-state index is -3.77. The van der Waals surface area contributed by atoms with E-state index in [-0.39, 0.29) is 17.0 Å². The van der Waals surface area contributed by atoms with Gasteiger partial charge in [-0.15, -0.1) is 4.40 Å². The van der Waals surface area contributed by atoms with Crippen molar-refractivity contribution in [2.75, 3.05) is 12.4 Å². The Labute approximate surface area is 115 Å². The molecule has 0 saturated carbocycles. The van der Waals surface area contributed by atoms with Gasteiger partial charge in [-0.25, -0.2) is 4.39 Å². The van der Waals surface area contributed by atoms with Crippen molar-refractivity contribution in [2.45, 2.75) is 6.92 Å². The molecule has 0 radical (unpaired) electrons. The fourth-order valence-electron chi connectivity index (χ4n) is 1.60. The summed E-state index contributed by atoms with van der Waals surface area (Å²) in [7, 11) is -2.50. The van der Waals surface area contributed by atoms with Gasteiger partial charge in [0.15, 0.2) is 0 Å². The van der Waals surface area contributed by atoms with E-state index in [0.717, 1.165) is 10.5 Å². The first-order valence-corrected chi connectivity index (χ1v) is 7.03. The minimum Gasteiger partial charge on any atom is -0.319 e. The maximum atomic E-state index is 13.4. The Morgan fingerprint density at radius 1 is 1.35 bits per heavy atom. The number of amides is 1. The summed E-state index contributed by atoms with van der Waals surface area (Å²) in [6.45, 7) is 1.40. The molecule has 1 aromatic carbocycles. The third-order valence-corrected chi connectivity index (χ3v) is 4.02. The van der Waals surface area contributed by atoms with Gasteiger partial charge in [0.2, 0.25) is 0 Å². The third kappa shape index (κ3) is 2.69. The first-order chi connectivity index (χ1) is 9.31. The van der Waals surface area contributed by atoms with Gasteiger partial charge in [0.1, 0.15) is 5.82 Å². The smallest absolute Gasteiger partial charge is 0.319 e. The van der Waals surface area contributed by atoms with Crippen molar-refractivity contribution < 1.29 is 17.6 Å². The monoisotopic (exact) mass is 297 g/mol. The molecule has 8 heteroatoms. The minimum absolute atomic E-state index is 0.0160. The largest absolute Gasteiger partial charge is 0.344 e. The highest BCUT2D eigenvalue weighted by Crippen LogP contribution is 2.18. The molecule has 0 aromatic heterocycles. The maximum Gasteiger partial charge on any atom is 0.344 e. The summed E-state index contributed by atoms with van der Waals surface area (Å²) in [5.74, 6) is -1.20. The molecule has 0 spiro atoms. The second-order valence-corrected chi connectivity index (χ2v) is 5.80. The first-order valence-electron chi connectivity index (χ1n) is 5.64. The van der Waals surface area contributed by atoms with Crippen LogP contribution in [0.2, 0.25) is 0 Å². The van der Waals surface area contributed by atoms with Crippen LogP contribution in [0.4, 0.5) is 10.1 Å². The van der Waals surface area contributed by atoms with Crippen molar-refractivity contribution in [3.8, 4) is 0 Å². The second kappa shape index (κ2) is 5.04. The highest BCUT2D eigenvalue weighted by Gasteiger charge is 2.25. The lowest BCUT2D eigenvalue weighted by Crippen LogP contribution is -2.30. The number of para-hydroxylation sites is 1. The standard InChI is InChI=1S/C12H12FN3O3S/c1-8-9(7-16(2)20(18,19)15-8)12(17)14-11-6-4-3-5-10(11)13/h3-7H,1-2H3,(H,14,17). The lowest BCUT2D eigenvalue weighted by molar-refractivity contribution is -0.112. The molecule has 1 aliphatic heterocycles. The molecule has 20 heavy (non-hydrogen) atoms. The Hall–Kier alpha value is -2.22. The number of carbonyl (C=O) groups is 1. The van der Waals surface area contributed by atoms with Gasteiger partial charge in [-0.3, -0.25) is 9.10 Å². The molecule has 0 atom stereocenters. The van der Waals surface area contributed by atoms with Gasteiger partial charge in [-0.05, 0) is 19.1 Å². The van der Waals surface area contributed by atoms with Crippen LogP contribution in [0.5, 0.6) is 0 Å². The molecule has 0 fully saturated rings. The van der Waals surface area contributed by atoms with Gasteiger partial charge in [-0.1, -0.05) is 12.1 Å². The SMILES string of the molecule is CC1=NS(=O)(=O)N(C)C=C1C(=O)Nc1ccccc1F. The summed E-state index contributed by atoms with van der Waals surface area (Å²) in [5.41, 5.74) is 0.129. The molecule has 1 aromatic rings. The first kappa shape index (κ1) is 14.2. The number of nitrogens with one attached hydrogen (secondary N) is 1. The van der Waals surface area contributed by atoms with Gasteiger partial charge in [-0.2, -0.15) is 8.42 Å². The number of hydrogen-bond donors (Lipinski definition) is 1. The summed E-state index contributed by atoms with van der Waals surface area (Å²) >= 11 is 0. The zero-order valence-corrected chi connectivity index (χ0v) is 11.6. The number of carbonyl (C=O) groups excluding carboxylic acids is 1. The van der Waals surface area contributed by atoms with Crippen LogP contribution in [-0.4, -0.2) is 31.4 Å². The fraction of sp³-hybridized carbons (Fsp3) is 0.167. The lowest BCUT2D eigenvalue weighted by Gasteiger charge is -2.19. The Morgan fingerprint density at radius 2 is 2.00 bits per heavy atom. The average Bonchev–Trinajstić information content (AvgIpc) is 2.36. The van der Waals surface area contributed by atoms with Gasteiger partial charge >= 0.3 is 10.2 Å². The van der Waals surface area contributed by atoms with Gasteiger partial charge in [0, 0.05) is 13.2 Å². The number of halogens is 1. The molecular weight excluding hydrogens is 285 g/mol. The Bertz CT molecular complexity index is 725. The fourth-order valence-corrected chi connectivity index (χ4v) is 2.42. The summed E-state index contributed by atoms with van der Waals surface area (Å²) in [6, 6.07) is 5.69. The van der Waals surface area contributed by atoms with E-state index in [1.807, 2.05) is 0 Å². The van der Waals surface area contributed by atoms with Crippen molar-refractivity contribution in [2.24, 2.45) is 4.40 Å². The Balaban J connectivity index is 2.27. The second-order valence-electron chi connectivity index (χ2n) is 4.15. The molecule has 1 aliphatic rings. The predicted octanol–water partition coefficient (Wildman–Crippen LogP) is 1.30. The molecule has 0 unspecified atom stereocenters. The molecular formula is C12H12FN3O3S. The zero-order chi connectivity index (χ0) is 14.9. The van der Waals surface area contributed by atoms with Crippen molar-refractivity contribution >= 4 is 27.5 Å². The molecule has 6 nitrogen and oxygen atoms in total. The van der Waals surface area contributed by atoms with Crippen LogP contribution in [0, 0.1) is 5.82 Å². The van der Waals surface area contributed by atoms with Crippen LogP contribution in [0.25, 0.3) is 0 Å². The lowest BCUT2D eigenvalue weighted by atomic mass is 10.1. The molecule has 106 valence electrons. The van der Waals surface area contributed by atoms with E-state index in [2.05, 4.69) is 9.71 Å². The quantitative estimate of drug-likeness (QED) is 0.893. The molecule has 2 rings (SSSR count). The van der Waals surface area contributed by atoms with E-state index >= 15 is 0 Å². The van der Waals surface area contributed by atoms with Crippen LogP contribution in [0.1, 0.15) is 6.92 Å². The number of hydrogen-bond acceptors (Lipinski definition) is 3. The summed E-state index contributed by atoms with van der Waals surface area (Å²) < 4.78 is 40.7. The highest BCUT2D eigenvalue weighted by atomic mass is 32.2. The Morgan fingerprint density at radius 3 is 2.65 bits per heavy atom. The van der Waals surface area contributed by atoms with Crippen molar-refractivity contribution in [3.05, 3.63) is 41.9 Å². The number of rotatable bonds is 2. The van der Waals surface area contributed by atoms with E-state index in [1.54, 1.807) is 6.07 Å². The summed E-state index contributed by atoms with van der Waals surface area (Å²) in [4.78, 5) is 12.0. The third-order valence-electron chi connectivity index (χ3n) is 2.68. The van der Waals surface area contributed by atoms with E-state index in [1.165, 1.54) is 32.2 Å². The van der Waals surface area contributed by atoms with E-state index < -0.39 is 21.9 Å². The molecule has 1 N–H and O–H groups in total. The molecule has 0 saturated heterocycles. The van der Waals surface area contributed by atoms with Gasteiger partial charge in [0.25, 0.3) is 5.91 Å². The van der Waals surface area contributed by atoms with Crippen molar-refractivity contribution in [3.63, 3.8) is 0 Å². The number of benzene rings is 1. The number of nitrogens with zero attached hydrogens (tertiary/aromatic N) is 2. The van der Waals surface area contributed by atoms with Crippen molar-refractivity contribution in [1.29, 1.82) is 0 Å². The van der Waals surface area contributed by atoms with Gasteiger partial charge in [0.05, 0.1) is 17.0 Å². The van der Waals surface area contributed by atoms with Crippen LogP contribution in [0.15, 0.2) is 40.4 Å². The Kier molecular flexibility index (Phi) is 3.58. The van der Waals surface area contributed by atoms with Crippen LogP contribution in [0.3, 0.4) is 0 Å². The van der Waals surface area contributed by atoms with Crippen LogP contribution in [-0.2, 0) is 15.0 Å². The van der Waals surface area contributed by atoms with E-state index in [0.29, 0.717) is 0 Å². The maximum absolute atomic E-state index is 13.4. The van der Waals surface area contributed by atoms with Crippen LogP contribution >= 0.6 is 0 Å². The normalized spacial score (nSPS) is 17.2. The molecule has 1 amide bonds. The van der Waals surface area contributed by atoms with Crippen LogP contribution < -0.4 is 5.32 Å². The predicted molar refractivity (Wildman–Crippen MR) is 72.9 cm³/mol. The molecule has 0 aliphatic carbocycles. The van der Waals surface area contributed by atoms with Crippen molar-refractivity contribution in [1.82, 2.24) is 4.31 Å². The topological polar surface area (TPSA) is 78.8 Å². The zero-order valence-electron chi connectivity index (χ0n) is 10.8. The van der Waals surface area contributed by atoms with Gasteiger partial charge < -0.3 is 5.32 Å². The highest BCUT2D eigenvalue weighted by molar-refractivity contribution is 7.88. The van der Waals surface area contributed by atoms with E-state index in [4.69, 9.17) is 0 Å². The summed E-state index contributed by atoms with van der Waals surface area (Å²) in [6.07, 6.45) is 1.15. The molecule has 0 bridgehead atoms. The average molecular weight is 297 g/mol. The molecule has 1 heterocycles.